The van der Waals surface area contributed by atoms with Gasteiger partial charge in [-0.05, 0) is 29.5 Å². The number of rotatable bonds is 4. The van der Waals surface area contributed by atoms with E-state index < -0.39 is 0 Å². The monoisotopic (exact) mass is 310 g/mol. The Morgan fingerprint density at radius 3 is 3.00 bits per heavy atom. The summed E-state index contributed by atoms with van der Waals surface area (Å²) in [6, 6.07) is 4.60. The summed E-state index contributed by atoms with van der Waals surface area (Å²) in [4.78, 5) is 16.3. The minimum Gasteiger partial charge on any atom is -0.317 e. The van der Waals surface area contributed by atoms with Gasteiger partial charge in [-0.3, -0.25) is 10.1 Å². The minimum absolute atomic E-state index is 0.0160. The summed E-state index contributed by atoms with van der Waals surface area (Å²) in [7, 11) is 0. The lowest BCUT2D eigenvalue weighted by Gasteiger charge is -2.29. The van der Waals surface area contributed by atoms with Gasteiger partial charge in [0, 0.05) is 16.7 Å². The molecule has 0 aromatic carbocycles. The number of amides is 1. The molecule has 2 aliphatic heterocycles. The first-order valence-corrected chi connectivity index (χ1v) is 9.45. The standard InChI is InChI=1S/C15H22N2OS2/c1-3-10(2)13-15(18)17(11-6-8-19-9-11)14(16-13)12-5-4-7-20-12/h4-5,7,10-11,13-14,16H,3,6,8-9H2,1-2H3. The molecule has 2 saturated heterocycles. The zero-order valence-corrected chi connectivity index (χ0v) is 13.7. The van der Waals surface area contributed by atoms with Gasteiger partial charge >= 0.3 is 0 Å². The fourth-order valence-electron chi connectivity index (χ4n) is 3.05. The molecule has 0 spiro atoms. The van der Waals surface area contributed by atoms with Crippen molar-refractivity contribution in [2.24, 2.45) is 5.92 Å². The van der Waals surface area contributed by atoms with Crippen molar-refractivity contribution in [2.45, 2.75) is 44.9 Å². The first-order chi connectivity index (χ1) is 9.72. The maximum absolute atomic E-state index is 12.9. The fraction of sp³-hybridized carbons (Fsp3) is 0.667. The minimum atomic E-state index is -0.0160. The van der Waals surface area contributed by atoms with Crippen LogP contribution >= 0.6 is 23.1 Å². The molecule has 110 valence electrons. The lowest BCUT2D eigenvalue weighted by molar-refractivity contribution is -0.132. The second-order valence-corrected chi connectivity index (χ2v) is 7.84. The van der Waals surface area contributed by atoms with E-state index in [1.807, 2.05) is 11.8 Å². The van der Waals surface area contributed by atoms with Gasteiger partial charge in [0.05, 0.1) is 6.04 Å². The van der Waals surface area contributed by atoms with Gasteiger partial charge in [-0.15, -0.1) is 11.3 Å². The summed E-state index contributed by atoms with van der Waals surface area (Å²) < 4.78 is 0. The fourth-order valence-corrected chi connectivity index (χ4v) is 5.04. The van der Waals surface area contributed by atoms with E-state index in [1.54, 1.807) is 11.3 Å². The topological polar surface area (TPSA) is 32.3 Å². The van der Waals surface area contributed by atoms with Gasteiger partial charge in [-0.1, -0.05) is 26.3 Å². The largest absolute Gasteiger partial charge is 0.317 e. The smallest absolute Gasteiger partial charge is 0.241 e. The summed E-state index contributed by atoms with van der Waals surface area (Å²) in [6.45, 7) is 4.34. The average Bonchev–Trinajstić information content (AvgIpc) is 3.17. The molecule has 3 nitrogen and oxygen atoms in total. The number of hydrogen-bond acceptors (Lipinski definition) is 4. The number of nitrogens with one attached hydrogen (secondary N) is 1. The molecule has 0 aliphatic carbocycles. The van der Waals surface area contributed by atoms with Gasteiger partial charge in [-0.2, -0.15) is 11.8 Å². The van der Waals surface area contributed by atoms with Crippen molar-refractivity contribution in [1.29, 1.82) is 0 Å². The third-order valence-electron chi connectivity index (χ3n) is 4.46. The second-order valence-electron chi connectivity index (χ2n) is 5.71. The molecule has 1 aromatic rings. The summed E-state index contributed by atoms with van der Waals surface area (Å²) in [5, 5.41) is 5.70. The Bertz CT molecular complexity index is 456. The van der Waals surface area contributed by atoms with Crippen LogP contribution in [0.4, 0.5) is 0 Å². The van der Waals surface area contributed by atoms with E-state index in [2.05, 4.69) is 41.6 Å². The molecule has 1 amide bonds. The molecule has 2 aliphatic rings. The molecule has 1 N–H and O–H groups in total. The Morgan fingerprint density at radius 1 is 1.55 bits per heavy atom. The predicted molar refractivity (Wildman–Crippen MR) is 86.0 cm³/mol. The molecule has 1 aromatic heterocycles. The van der Waals surface area contributed by atoms with Gasteiger partial charge in [0.2, 0.25) is 5.91 Å². The molecule has 0 saturated carbocycles. The molecular weight excluding hydrogens is 288 g/mol. The van der Waals surface area contributed by atoms with E-state index in [-0.39, 0.29) is 12.2 Å². The Labute approximate surface area is 129 Å². The molecule has 4 atom stereocenters. The van der Waals surface area contributed by atoms with Gasteiger partial charge in [0.1, 0.15) is 6.17 Å². The van der Waals surface area contributed by atoms with Gasteiger partial charge < -0.3 is 4.90 Å². The SMILES string of the molecule is CCC(C)C1NC(c2cccs2)N(C2CCSC2)C1=O. The van der Waals surface area contributed by atoms with E-state index in [0.29, 0.717) is 17.9 Å². The van der Waals surface area contributed by atoms with Crippen molar-refractivity contribution < 1.29 is 4.79 Å². The molecule has 2 fully saturated rings. The highest BCUT2D eigenvalue weighted by molar-refractivity contribution is 7.99. The first-order valence-electron chi connectivity index (χ1n) is 7.41. The van der Waals surface area contributed by atoms with Crippen LogP contribution in [0.5, 0.6) is 0 Å². The number of hydrogen-bond donors (Lipinski definition) is 1. The molecule has 0 bridgehead atoms. The highest BCUT2D eigenvalue weighted by Crippen LogP contribution is 2.36. The van der Waals surface area contributed by atoms with E-state index in [1.165, 1.54) is 10.6 Å². The maximum atomic E-state index is 12.9. The number of thioether (sulfide) groups is 1. The zero-order chi connectivity index (χ0) is 14.1. The lowest BCUT2D eigenvalue weighted by Crippen LogP contribution is -2.41. The van der Waals surface area contributed by atoms with Crippen LogP contribution < -0.4 is 5.32 Å². The van der Waals surface area contributed by atoms with Crippen LogP contribution in [0, 0.1) is 5.92 Å². The van der Waals surface area contributed by atoms with Crippen molar-refractivity contribution in [2.75, 3.05) is 11.5 Å². The molecule has 20 heavy (non-hydrogen) atoms. The third kappa shape index (κ3) is 2.51. The molecule has 3 rings (SSSR count). The van der Waals surface area contributed by atoms with Crippen molar-refractivity contribution in [1.82, 2.24) is 10.2 Å². The summed E-state index contributed by atoms with van der Waals surface area (Å²) in [5.74, 6) is 2.97. The molecule has 3 heterocycles. The summed E-state index contributed by atoms with van der Waals surface area (Å²) in [5.41, 5.74) is 0. The number of thiophene rings is 1. The Morgan fingerprint density at radius 2 is 2.40 bits per heavy atom. The van der Waals surface area contributed by atoms with Crippen molar-refractivity contribution in [3.63, 3.8) is 0 Å². The number of carbonyl (C=O) groups excluding carboxylic acids is 1. The first kappa shape index (κ1) is 14.4. The van der Waals surface area contributed by atoms with E-state index in [0.717, 1.165) is 18.6 Å². The van der Waals surface area contributed by atoms with Crippen LogP contribution in [0.15, 0.2) is 17.5 Å². The van der Waals surface area contributed by atoms with Crippen molar-refractivity contribution in [3.8, 4) is 0 Å². The van der Waals surface area contributed by atoms with Crippen LogP contribution in [-0.4, -0.2) is 34.4 Å². The van der Waals surface area contributed by atoms with Gasteiger partial charge in [-0.25, -0.2) is 0 Å². The molecule has 5 heteroatoms. The molecule has 0 radical (unpaired) electrons. The Hall–Kier alpha value is -0.520. The highest BCUT2D eigenvalue weighted by Gasteiger charge is 2.45. The Kier molecular flexibility index (Phi) is 4.38. The normalized spacial score (nSPS) is 32.0. The number of carbonyl (C=O) groups is 1. The summed E-state index contributed by atoms with van der Waals surface area (Å²) in [6.07, 6.45) is 2.26. The van der Waals surface area contributed by atoms with E-state index in [4.69, 9.17) is 0 Å². The van der Waals surface area contributed by atoms with Crippen molar-refractivity contribution in [3.05, 3.63) is 22.4 Å². The quantitative estimate of drug-likeness (QED) is 0.927. The third-order valence-corrected chi connectivity index (χ3v) is 6.53. The highest BCUT2D eigenvalue weighted by atomic mass is 32.2. The Balaban J connectivity index is 1.87. The van der Waals surface area contributed by atoms with Crippen LogP contribution in [0.25, 0.3) is 0 Å². The lowest BCUT2D eigenvalue weighted by atomic mass is 9.99. The van der Waals surface area contributed by atoms with Crippen LogP contribution in [0.1, 0.15) is 37.7 Å². The van der Waals surface area contributed by atoms with Crippen molar-refractivity contribution >= 4 is 29.0 Å². The van der Waals surface area contributed by atoms with E-state index in [9.17, 15) is 4.79 Å². The zero-order valence-electron chi connectivity index (χ0n) is 12.0. The van der Waals surface area contributed by atoms with Crippen LogP contribution in [-0.2, 0) is 4.79 Å². The molecular formula is C15H22N2OS2. The number of nitrogens with zero attached hydrogens (tertiary/aromatic N) is 1. The maximum Gasteiger partial charge on any atom is 0.241 e. The predicted octanol–water partition coefficient (Wildman–Crippen LogP) is 3.10. The van der Waals surface area contributed by atoms with Gasteiger partial charge in [0.25, 0.3) is 0 Å². The van der Waals surface area contributed by atoms with E-state index >= 15 is 0 Å². The van der Waals surface area contributed by atoms with Crippen LogP contribution in [0.2, 0.25) is 0 Å². The second kappa shape index (κ2) is 6.08. The average molecular weight is 310 g/mol. The van der Waals surface area contributed by atoms with Gasteiger partial charge in [0.15, 0.2) is 0 Å². The summed E-state index contributed by atoms with van der Waals surface area (Å²) >= 11 is 3.71. The molecule has 4 unspecified atom stereocenters. The van der Waals surface area contributed by atoms with Crippen LogP contribution in [0.3, 0.4) is 0 Å².